The third-order valence-electron chi connectivity index (χ3n) is 4.61. The fourth-order valence-corrected chi connectivity index (χ4v) is 3.15. The van der Waals surface area contributed by atoms with Crippen LogP contribution in [-0.4, -0.2) is 38.2 Å². The number of amides is 1. The molecule has 2 heterocycles. The number of ether oxygens (including phenoxy) is 2. The molecule has 0 bridgehead atoms. The third kappa shape index (κ3) is 4.25. The van der Waals surface area contributed by atoms with Crippen molar-refractivity contribution in [3.05, 3.63) is 47.8 Å². The van der Waals surface area contributed by atoms with Gasteiger partial charge in [0.2, 0.25) is 0 Å². The van der Waals surface area contributed by atoms with Gasteiger partial charge in [0.15, 0.2) is 11.5 Å². The van der Waals surface area contributed by atoms with Crippen LogP contribution in [0.2, 0.25) is 0 Å². The van der Waals surface area contributed by atoms with Gasteiger partial charge in [0.25, 0.3) is 5.91 Å². The van der Waals surface area contributed by atoms with Crippen molar-refractivity contribution in [1.29, 1.82) is 0 Å². The maximum Gasteiger partial charge on any atom is 0.253 e. The Morgan fingerprint density at radius 3 is 2.58 bits per heavy atom. The number of carbonyl (C=O) groups excluding carboxylic acids is 1. The normalized spacial score (nSPS) is 14.0. The molecule has 1 aromatic heterocycles. The van der Waals surface area contributed by atoms with Crippen molar-refractivity contribution in [3.63, 3.8) is 0 Å². The number of methoxy groups -OCH3 is 2. The Morgan fingerprint density at radius 2 is 1.85 bits per heavy atom. The van der Waals surface area contributed by atoms with E-state index in [1.165, 1.54) is 19.3 Å². The van der Waals surface area contributed by atoms with Crippen LogP contribution in [0.25, 0.3) is 0 Å². The Bertz CT molecular complexity index is 758. The molecule has 1 N–H and O–H groups in total. The van der Waals surface area contributed by atoms with Gasteiger partial charge in [-0.15, -0.1) is 0 Å². The van der Waals surface area contributed by atoms with Crippen molar-refractivity contribution in [2.24, 2.45) is 0 Å². The molecule has 1 aromatic carbocycles. The van der Waals surface area contributed by atoms with Crippen molar-refractivity contribution < 1.29 is 14.3 Å². The summed E-state index contributed by atoms with van der Waals surface area (Å²) in [5.74, 6) is 1.18. The highest BCUT2D eigenvalue weighted by atomic mass is 16.5. The quantitative estimate of drug-likeness (QED) is 0.863. The standard InChI is InChI=1S/C20H25N3O3/c1-25-18-7-6-15(10-19(18)26-2)12-22-20(24)16-11-17(14-21-13-16)23-8-4-3-5-9-23/h6-7,10-11,13-14H,3-5,8-9,12H2,1-2H3,(H,22,24). The molecule has 0 saturated carbocycles. The van der Waals surface area contributed by atoms with Gasteiger partial charge in [-0.2, -0.15) is 0 Å². The van der Waals surface area contributed by atoms with Crippen molar-refractivity contribution in [2.75, 3.05) is 32.2 Å². The Labute approximate surface area is 154 Å². The predicted molar refractivity (Wildman–Crippen MR) is 101 cm³/mol. The minimum Gasteiger partial charge on any atom is -0.493 e. The van der Waals surface area contributed by atoms with E-state index in [1.807, 2.05) is 30.5 Å². The van der Waals surface area contributed by atoms with Crippen molar-refractivity contribution in [1.82, 2.24) is 10.3 Å². The van der Waals surface area contributed by atoms with E-state index in [-0.39, 0.29) is 5.91 Å². The zero-order chi connectivity index (χ0) is 18.4. The lowest BCUT2D eigenvalue weighted by Gasteiger charge is -2.28. The van der Waals surface area contributed by atoms with Crippen molar-refractivity contribution in [3.8, 4) is 11.5 Å². The molecule has 1 aliphatic rings. The van der Waals surface area contributed by atoms with E-state index in [2.05, 4.69) is 15.2 Å². The molecular formula is C20H25N3O3. The van der Waals surface area contributed by atoms with E-state index in [1.54, 1.807) is 20.4 Å². The van der Waals surface area contributed by atoms with Crippen molar-refractivity contribution in [2.45, 2.75) is 25.8 Å². The van der Waals surface area contributed by atoms with E-state index < -0.39 is 0 Å². The predicted octanol–water partition coefficient (Wildman–Crippen LogP) is 3.02. The van der Waals surface area contributed by atoms with Crippen LogP contribution in [-0.2, 0) is 6.54 Å². The van der Waals surface area contributed by atoms with Gasteiger partial charge >= 0.3 is 0 Å². The van der Waals surface area contributed by atoms with Gasteiger partial charge in [-0.25, -0.2) is 0 Å². The van der Waals surface area contributed by atoms with Crippen LogP contribution in [0.3, 0.4) is 0 Å². The number of hydrogen-bond donors (Lipinski definition) is 1. The first kappa shape index (κ1) is 18.0. The molecule has 1 saturated heterocycles. The van der Waals surface area contributed by atoms with Gasteiger partial charge in [0.1, 0.15) is 0 Å². The smallest absolute Gasteiger partial charge is 0.253 e. The monoisotopic (exact) mass is 355 g/mol. The maximum absolute atomic E-state index is 12.5. The molecule has 1 fully saturated rings. The Balaban J connectivity index is 1.65. The number of piperidine rings is 1. The van der Waals surface area contributed by atoms with E-state index in [9.17, 15) is 4.79 Å². The highest BCUT2D eigenvalue weighted by molar-refractivity contribution is 5.94. The minimum atomic E-state index is -0.133. The molecule has 0 atom stereocenters. The number of pyridine rings is 1. The summed E-state index contributed by atoms with van der Waals surface area (Å²) < 4.78 is 10.5. The highest BCUT2D eigenvalue weighted by Gasteiger charge is 2.14. The lowest BCUT2D eigenvalue weighted by molar-refractivity contribution is 0.0950. The number of nitrogens with zero attached hydrogens (tertiary/aromatic N) is 2. The zero-order valence-corrected chi connectivity index (χ0v) is 15.3. The van der Waals surface area contributed by atoms with E-state index in [0.29, 0.717) is 23.6 Å². The van der Waals surface area contributed by atoms with Gasteiger partial charge in [-0.1, -0.05) is 6.07 Å². The molecule has 0 aliphatic carbocycles. The van der Waals surface area contributed by atoms with Crippen LogP contribution >= 0.6 is 0 Å². The van der Waals surface area contributed by atoms with Crippen LogP contribution < -0.4 is 19.7 Å². The summed E-state index contributed by atoms with van der Waals surface area (Å²) in [6.45, 7) is 2.46. The summed E-state index contributed by atoms with van der Waals surface area (Å²) >= 11 is 0. The number of anilines is 1. The van der Waals surface area contributed by atoms with Gasteiger partial charge in [0.05, 0.1) is 31.7 Å². The average molecular weight is 355 g/mol. The number of benzene rings is 1. The summed E-state index contributed by atoms with van der Waals surface area (Å²) in [4.78, 5) is 19.0. The van der Waals surface area contributed by atoms with Crippen LogP contribution in [0, 0.1) is 0 Å². The second-order valence-electron chi connectivity index (χ2n) is 6.35. The molecule has 1 aliphatic heterocycles. The third-order valence-corrected chi connectivity index (χ3v) is 4.61. The largest absolute Gasteiger partial charge is 0.493 e. The molecule has 6 nitrogen and oxygen atoms in total. The van der Waals surface area contributed by atoms with Crippen molar-refractivity contribution >= 4 is 11.6 Å². The summed E-state index contributed by atoms with van der Waals surface area (Å²) in [6.07, 6.45) is 7.09. The fraction of sp³-hybridized carbons (Fsp3) is 0.400. The fourth-order valence-electron chi connectivity index (χ4n) is 3.15. The number of aromatic nitrogens is 1. The Kier molecular flexibility index (Phi) is 5.94. The number of hydrogen-bond acceptors (Lipinski definition) is 5. The molecule has 6 heteroatoms. The maximum atomic E-state index is 12.5. The van der Waals surface area contributed by atoms with E-state index in [4.69, 9.17) is 9.47 Å². The van der Waals surface area contributed by atoms with Crippen LogP contribution in [0.4, 0.5) is 5.69 Å². The summed E-state index contributed by atoms with van der Waals surface area (Å²) in [5, 5.41) is 2.94. The van der Waals surface area contributed by atoms with Crippen LogP contribution in [0.5, 0.6) is 11.5 Å². The summed E-state index contributed by atoms with van der Waals surface area (Å²) in [6, 6.07) is 7.52. The highest BCUT2D eigenvalue weighted by Crippen LogP contribution is 2.27. The zero-order valence-electron chi connectivity index (χ0n) is 15.3. The second kappa shape index (κ2) is 8.56. The average Bonchev–Trinajstić information content (AvgIpc) is 2.72. The lowest BCUT2D eigenvalue weighted by Crippen LogP contribution is -2.30. The van der Waals surface area contributed by atoms with E-state index >= 15 is 0 Å². The summed E-state index contributed by atoms with van der Waals surface area (Å²) in [7, 11) is 3.19. The molecule has 3 rings (SSSR count). The van der Waals surface area contributed by atoms with Gasteiger partial charge in [0, 0.05) is 25.8 Å². The molecule has 2 aromatic rings. The SMILES string of the molecule is COc1ccc(CNC(=O)c2cncc(N3CCCCC3)c2)cc1OC. The molecule has 0 radical (unpaired) electrons. The van der Waals surface area contributed by atoms with Gasteiger partial charge in [-0.3, -0.25) is 9.78 Å². The Morgan fingerprint density at radius 1 is 1.08 bits per heavy atom. The number of nitrogens with one attached hydrogen (secondary N) is 1. The molecular weight excluding hydrogens is 330 g/mol. The minimum absolute atomic E-state index is 0.133. The lowest BCUT2D eigenvalue weighted by atomic mass is 10.1. The Hall–Kier alpha value is -2.76. The molecule has 26 heavy (non-hydrogen) atoms. The molecule has 138 valence electrons. The molecule has 0 unspecified atom stereocenters. The summed E-state index contributed by atoms with van der Waals surface area (Å²) in [5.41, 5.74) is 2.54. The van der Waals surface area contributed by atoms with E-state index in [0.717, 1.165) is 24.3 Å². The first-order valence-corrected chi connectivity index (χ1v) is 8.90. The first-order chi connectivity index (χ1) is 12.7. The van der Waals surface area contributed by atoms with Crippen LogP contribution in [0.15, 0.2) is 36.7 Å². The topological polar surface area (TPSA) is 63.7 Å². The number of rotatable bonds is 6. The van der Waals surface area contributed by atoms with Gasteiger partial charge < -0.3 is 19.7 Å². The van der Waals surface area contributed by atoms with Gasteiger partial charge in [-0.05, 0) is 43.0 Å². The number of carbonyl (C=O) groups is 1. The first-order valence-electron chi connectivity index (χ1n) is 8.90. The molecule has 1 amide bonds. The molecule has 0 spiro atoms. The van der Waals surface area contributed by atoms with Crippen LogP contribution in [0.1, 0.15) is 35.2 Å². The second-order valence-corrected chi connectivity index (χ2v) is 6.35.